The molecule has 110 valence electrons. The number of carbonyl (C=O) groups excluding carboxylic acids is 1. The molecule has 1 rings (SSSR count). The number of nitrogens with zero attached hydrogens (tertiary/aromatic N) is 1. The molecule has 0 saturated heterocycles. The Balaban J connectivity index is 2.67. The molecule has 1 amide bonds. The van der Waals surface area contributed by atoms with E-state index in [-0.39, 0.29) is 16.5 Å². The normalized spacial score (nSPS) is 11.9. The lowest BCUT2D eigenvalue weighted by atomic mass is 10.2. The summed E-state index contributed by atoms with van der Waals surface area (Å²) in [6, 6.07) is 4.27. The molecule has 0 fully saturated rings. The Labute approximate surface area is 125 Å². The third-order valence-corrected chi connectivity index (χ3v) is 4.42. The Morgan fingerprint density at radius 2 is 2.00 bits per heavy atom. The fourth-order valence-corrected chi connectivity index (χ4v) is 2.82. The van der Waals surface area contributed by atoms with Gasteiger partial charge in [-0.05, 0) is 24.6 Å². The van der Waals surface area contributed by atoms with Gasteiger partial charge in [-0.2, -0.15) is 0 Å². The number of aromatic carboxylic acids is 1. The summed E-state index contributed by atoms with van der Waals surface area (Å²) in [5.41, 5.74) is -0.0677. The highest BCUT2D eigenvalue weighted by molar-refractivity contribution is 7.85. The first-order chi connectivity index (χ1) is 9.32. The van der Waals surface area contributed by atoms with Crippen molar-refractivity contribution < 1.29 is 18.9 Å². The maximum atomic E-state index is 12.0. The molecule has 1 N–H and O–H groups in total. The van der Waals surface area contributed by atoms with E-state index in [0.29, 0.717) is 23.5 Å². The van der Waals surface area contributed by atoms with Gasteiger partial charge in [0.05, 0.1) is 21.4 Å². The predicted octanol–water partition coefficient (Wildman–Crippen LogP) is 2.01. The monoisotopic (exact) mass is 317 g/mol. The van der Waals surface area contributed by atoms with Crippen molar-refractivity contribution in [2.45, 2.75) is 17.7 Å². The largest absolute Gasteiger partial charge is 0.478 e. The lowest BCUT2D eigenvalue weighted by Crippen LogP contribution is -2.21. The van der Waals surface area contributed by atoms with Crippen LogP contribution in [0.4, 0.5) is 0 Å². The summed E-state index contributed by atoms with van der Waals surface area (Å²) in [6.07, 6.45) is 0.798. The summed E-state index contributed by atoms with van der Waals surface area (Å²) >= 11 is 5.75. The molecule has 0 aromatic heterocycles. The molecule has 0 saturated carbocycles. The quantitative estimate of drug-likeness (QED) is 0.871. The van der Waals surface area contributed by atoms with Crippen LogP contribution in [0.5, 0.6) is 0 Å². The Kier molecular flexibility index (Phi) is 6.16. The second-order valence-corrected chi connectivity index (χ2v) is 6.37. The molecule has 0 aliphatic carbocycles. The zero-order chi connectivity index (χ0) is 15.3. The molecule has 1 aromatic rings. The number of carboxylic acid groups (broad SMARTS) is 1. The van der Waals surface area contributed by atoms with Gasteiger partial charge in [-0.25, -0.2) is 4.79 Å². The van der Waals surface area contributed by atoms with Crippen LogP contribution in [0.2, 0.25) is 5.02 Å². The highest BCUT2D eigenvalue weighted by Gasteiger charge is 2.13. The van der Waals surface area contributed by atoms with Crippen LogP contribution in [-0.2, 0) is 15.6 Å². The first-order valence-electron chi connectivity index (χ1n) is 5.94. The molecule has 0 bridgehead atoms. The van der Waals surface area contributed by atoms with E-state index in [1.807, 2.05) is 0 Å². The molecule has 1 unspecified atom stereocenters. The minimum Gasteiger partial charge on any atom is -0.478 e. The summed E-state index contributed by atoms with van der Waals surface area (Å²) in [7, 11) is 1.99. The Morgan fingerprint density at radius 1 is 1.35 bits per heavy atom. The number of carbonyl (C=O) groups is 2. The van der Waals surface area contributed by atoms with Crippen molar-refractivity contribution in [3.63, 3.8) is 0 Å². The molecule has 7 heteroatoms. The number of hydrogen-bond acceptors (Lipinski definition) is 3. The topological polar surface area (TPSA) is 74.7 Å². The van der Waals surface area contributed by atoms with Gasteiger partial charge in [-0.1, -0.05) is 11.6 Å². The molecule has 0 aliphatic heterocycles. The maximum Gasteiger partial charge on any atom is 0.337 e. The number of amides is 1. The van der Waals surface area contributed by atoms with Crippen LogP contribution in [-0.4, -0.2) is 45.9 Å². The van der Waals surface area contributed by atoms with Gasteiger partial charge >= 0.3 is 5.97 Å². The number of carboxylic acids is 1. The number of rotatable bonds is 6. The minimum absolute atomic E-state index is 0.0238. The lowest BCUT2D eigenvalue weighted by Gasteiger charge is -2.09. The van der Waals surface area contributed by atoms with Crippen LogP contribution in [0.25, 0.3) is 0 Å². The molecule has 0 radical (unpaired) electrons. The first-order valence-corrected chi connectivity index (χ1v) is 7.64. The summed E-state index contributed by atoms with van der Waals surface area (Å²) in [4.78, 5) is 24.2. The van der Waals surface area contributed by atoms with Gasteiger partial charge in [0.1, 0.15) is 0 Å². The van der Waals surface area contributed by atoms with Gasteiger partial charge < -0.3 is 10.0 Å². The fourth-order valence-electron chi connectivity index (χ4n) is 1.51. The van der Waals surface area contributed by atoms with E-state index < -0.39 is 16.8 Å². The van der Waals surface area contributed by atoms with Crippen molar-refractivity contribution in [3.8, 4) is 0 Å². The molecule has 1 aromatic carbocycles. The molecular weight excluding hydrogens is 302 g/mol. The second kappa shape index (κ2) is 7.40. The highest BCUT2D eigenvalue weighted by atomic mass is 35.5. The molecular formula is C13H16ClNO4S. The van der Waals surface area contributed by atoms with Crippen LogP contribution in [0.1, 0.15) is 23.2 Å². The van der Waals surface area contributed by atoms with E-state index >= 15 is 0 Å². The summed E-state index contributed by atoms with van der Waals surface area (Å²) in [5.74, 6) is -0.874. The van der Waals surface area contributed by atoms with Crippen LogP contribution in [0, 0.1) is 0 Å². The summed E-state index contributed by atoms with van der Waals surface area (Å²) in [5, 5.41) is 9.06. The van der Waals surface area contributed by atoms with Crippen LogP contribution in [0.3, 0.4) is 0 Å². The van der Waals surface area contributed by atoms with E-state index in [4.69, 9.17) is 16.7 Å². The predicted molar refractivity (Wildman–Crippen MR) is 77.6 cm³/mol. The Morgan fingerprint density at radius 3 is 2.55 bits per heavy atom. The third-order valence-electron chi connectivity index (χ3n) is 2.65. The van der Waals surface area contributed by atoms with E-state index in [1.54, 1.807) is 20.2 Å². The minimum atomic E-state index is -1.34. The van der Waals surface area contributed by atoms with Gasteiger partial charge in [0, 0.05) is 31.2 Å². The molecule has 0 heterocycles. The fraction of sp³-hybridized carbons (Fsp3) is 0.385. The zero-order valence-corrected chi connectivity index (χ0v) is 12.8. The standard InChI is InChI=1S/C13H16ClNO4S/c1-15(2)12(16)4-3-7-20(19)9-5-6-11(14)10(8-9)13(17)18/h5-6,8H,3-4,7H2,1-2H3,(H,17,18). The maximum absolute atomic E-state index is 12.0. The van der Waals surface area contributed by atoms with Crippen molar-refractivity contribution in [2.24, 2.45) is 0 Å². The van der Waals surface area contributed by atoms with Crippen LogP contribution < -0.4 is 0 Å². The number of hydrogen-bond donors (Lipinski definition) is 1. The second-order valence-electron chi connectivity index (χ2n) is 4.39. The van der Waals surface area contributed by atoms with Gasteiger partial charge in [0.2, 0.25) is 5.91 Å². The smallest absolute Gasteiger partial charge is 0.337 e. The Bertz CT molecular complexity index is 545. The SMILES string of the molecule is CN(C)C(=O)CCCS(=O)c1ccc(Cl)c(C(=O)O)c1. The third kappa shape index (κ3) is 4.61. The lowest BCUT2D eigenvalue weighted by molar-refractivity contribution is -0.128. The molecule has 1 atom stereocenters. The van der Waals surface area contributed by atoms with E-state index in [1.165, 1.54) is 17.0 Å². The van der Waals surface area contributed by atoms with Crippen LogP contribution >= 0.6 is 11.6 Å². The van der Waals surface area contributed by atoms with Crippen molar-refractivity contribution >= 4 is 34.3 Å². The van der Waals surface area contributed by atoms with E-state index in [9.17, 15) is 13.8 Å². The average molecular weight is 318 g/mol. The molecule has 0 spiro atoms. The van der Waals surface area contributed by atoms with Gasteiger partial charge in [0.25, 0.3) is 0 Å². The molecule has 5 nitrogen and oxygen atoms in total. The number of benzene rings is 1. The van der Waals surface area contributed by atoms with Gasteiger partial charge in [-0.15, -0.1) is 0 Å². The van der Waals surface area contributed by atoms with Crippen molar-refractivity contribution in [1.82, 2.24) is 4.90 Å². The van der Waals surface area contributed by atoms with Gasteiger partial charge in [0.15, 0.2) is 0 Å². The summed E-state index contributed by atoms with van der Waals surface area (Å²) < 4.78 is 12.0. The first kappa shape index (κ1) is 16.7. The zero-order valence-electron chi connectivity index (χ0n) is 11.3. The van der Waals surface area contributed by atoms with Crippen molar-refractivity contribution in [2.75, 3.05) is 19.8 Å². The van der Waals surface area contributed by atoms with E-state index in [0.717, 1.165) is 0 Å². The number of halogens is 1. The highest BCUT2D eigenvalue weighted by Crippen LogP contribution is 2.20. The molecule has 0 aliphatic rings. The van der Waals surface area contributed by atoms with E-state index in [2.05, 4.69) is 0 Å². The van der Waals surface area contributed by atoms with Crippen molar-refractivity contribution in [3.05, 3.63) is 28.8 Å². The Hall–Kier alpha value is -1.40. The summed E-state index contributed by atoms with van der Waals surface area (Å²) in [6.45, 7) is 0. The average Bonchev–Trinajstić information content (AvgIpc) is 2.38. The van der Waals surface area contributed by atoms with Crippen molar-refractivity contribution in [1.29, 1.82) is 0 Å². The molecule has 20 heavy (non-hydrogen) atoms. The van der Waals surface area contributed by atoms with Gasteiger partial charge in [-0.3, -0.25) is 9.00 Å². The van der Waals surface area contributed by atoms with Crippen LogP contribution in [0.15, 0.2) is 23.1 Å².